The SMILES string of the molecule is CN(C(=O)C=Cc1cc(Br)cs1)c1cccc2c1C[C@H]1NCC[C@@]23CCCC[C@@H]13. The minimum atomic E-state index is 0.0318. The Morgan fingerprint density at radius 1 is 1.34 bits per heavy atom. The first kappa shape index (κ1) is 19.5. The molecule has 3 nitrogen and oxygen atoms in total. The second-order valence-electron chi connectivity index (χ2n) is 8.72. The third-order valence-corrected chi connectivity index (χ3v) is 9.00. The van der Waals surface area contributed by atoms with Crippen LogP contribution in [0.4, 0.5) is 5.69 Å². The second kappa shape index (κ2) is 7.68. The van der Waals surface area contributed by atoms with Gasteiger partial charge in [0.2, 0.25) is 0 Å². The van der Waals surface area contributed by atoms with Crippen LogP contribution in [-0.2, 0) is 16.6 Å². The summed E-state index contributed by atoms with van der Waals surface area (Å²) in [6.07, 6.45) is 11.2. The highest BCUT2D eigenvalue weighted by Crippen LogP contribution is 2.55. The lowest BCUT2D eigenvalue weighted by atomic mass is 9.52. The summed E-state index contributed by atoms with van der Waals surface area (Å²) in [6, 6.07) is 9.24. The van der Waals surface area contributed by atoms with Crippen molar-refractivity contribution in [2.45, 2.75) is 50.0 Å². The number of anilines is 1. The van der Waals surface area contributed by atoms with Crippen molar-refractivity contribution >= 4 is 44.9 Å². The third-order valence-electron chi connectivity index (χ3n) is 7.34. The third kappa shape index (κ3) is 3.31. The number of carbonyl (C=O) groups excluding carboxylic acids is 1. The molecule has 1 saturated heterocycles. The van der Waals surface area contributed by atoms with E-state index >= 15 is 0 Å². The van der Waals surface area contributed by atoms with E-state index in [9.17, 15) is 4.79 Å². The molecule has 5 rings (SSSR count). The number of likely N-dealkylation sites (N-methyl/N-ethyl adjacent to an activating group) is 1. The normalized spacial score (nSPS) is 28.1. The minimum Gasteiger partial charge on any atom is -0.313 e. The zero-order chi connectivity index (χ0) is 20.0. The van der Waals surface area contributed by atoms with Crippen molar-refractivity contribution in [2.75, 3.05) is 18.5 Å². The molecule has 1 aromatic heterocycles. The van der Waals surface area contributed by atoms with Crippen LogP contribution in [0.3, 0.4) is 0 Å². The van der Waals surface area contributed by atoms with Gasteiger partial charge in [-0.3, -0.25) is 4.79 Å². The molecule has 1 aliphatic heterocycles. The van der Waals surface area contributed by atoms with Crippen LogP contribution in [-0.4, -0.2) is 25.5 Å². The molecular weight excluding hydrogens is 444 g/mol. The van der Waals surface area contributed by atoms with E-state index in [0.29, 0.717) is 11.5 Å². The molecule has 2 aromatic rings. The number of rotatable bonds is 3. The van der Waals surface area contributed by atoms with Crippen molar-refractivity contribution in [1.29, 1.82) is 0 Å². The fraction of sp³-hybridized carbons (Fsp3) is 0.458. The molecule has 1 N–H and O–H groups in total. The molecular formula is C24H27BrN2OS. The molecule has 0 unspecified atom stereocenters. The Bertz CT molecular complexity index is 964. The zero-order valence-corrected chi connectivity index (χ0v) is 19.2. The van der Waals surface area contributed by atoms with Crippen molar-refractivity contribution in [3.05, 3.63) is 56.2 Å². The molecule has 1 aromatic carbocycles. The van der Waals surface area contributed by atoms with Crippen molar-refractivity contribution in [3.8, 4) is 0 Å². The summed E-state index contributed by atoms with van der Waals surface area (Å²) in [5.74, 6) is 0.787. The minimum absolute atomic E-state index is 0.0318. The molecule has 29 heavy (non-hydrogen) atoms. The molecule has 5 heteroatoms. The molecule has 3 atom stereocenters. The summed E-state index contributed by atoms with van der Waals surface area (Å²) in [5, 5.41) is 5.84. The predicted molar refractivity (Wildman–Crippen MR) is 125 cm³/mol. The van der Waals surface area contributed by atoms with E-state index in [0.717, 1.165) is 33.9 Å². The Morgan fingerprint density at radius 3 is 3.07 bits per heavy atom. The van der Waals surface area contributed by atoms with Gasteiger partial charge in [-0.15, -0.1) is 11.3 Å². The Kier molecular flexibility index (Phi) is 5.17. The number of nitrogens with one attached hydrogen (secondary N) is 1. The van der Waals surface area contributed by atoms with Crippen molar-refractivity contribution in [1.82, 2.24) is 5.32 Å². The molecule has 2 fully saturated rings. The number of carbonyl (C=O) groups is 1. The number of nitrogens with zero attached hydrogens (tertiary/aromatic N) is 1. The first-order valence-electron chi connectivity index (χ1n) is 10.6. The summed E-state index contributed by atoms with van der Waals surface area (Å²) in [7, 11) is 1.92. The zero-order valence-electron chi connectivity index (χ0n) is 16.8. The average Bonchev–Trinajstić information content (AvgIpc) is 3.16. The van der Waals surface area contributed by atoms with E-state index in [1.807, 2.05) is 29.5 Å². The average molecular weight is 471 g/mol. The van der Waals surface area contributed by atoms with Crippen LogP contribution in [0.5, 0.6) is 0 Å². The fourth-order valence-electron chi connectivity index (χ4n) is 6.06. The van der Waals surface area contributed by atoms with Gasteiger partial charge in [0.1, 0.15) is 0 Å². The molecule has 1 saturated carbocycles. The summed E-state index contributed by atoms with van der Waals surface area (Å²) in [5.41, 5.74) is 4.33. The van der Waals surface area contributed by atoms with Gasteiger partial charge in [0, 0.05) is 45.0 Å². The maximum atomic E-state index is 13.0. The lowest BCUT2D eigenvalue weighted by molar-refractivity contribution is -0.113. The Hall–Kier alpha value is -1.43. The quantitative estimate of drug-likeness (QED) is 0.597. The maximum absolute atomic E-state index is 13.0. The molecule has 2 heterocycles. The van der Waals surface area contributed by atoms with Gasteiger partial charge in [0.05, 0.1) is 0 Å². The van der Waals surface area contributed by atoms with E-state index in [1.54, 1.807) is 17.4 Å². The first-order valence-corrected chi connectivity index (χ1v) is 12.3. The van der Waals surface area contributed by atoms with E-state index in [-0.39, 0.29) is 5.91 Å². The molecule has 3 aliphatic rings. The Balaban J connectivity index is 1.48. The number of hydrogen-bond donors (Lipinski definition) is 1. The Labute approximate surface area is 185 Å². The van der Waals surface area contributed by atoms with Gasteiger partial charge in [-0.25, -0.2) is 0 Å². The van der Waals surface area contributed by atoms with Gasteiger partial charge in [-0.05, 0) is 83.4 Å². The topological polar surface area (TPSA) is 32.3 Å². The van der Waals surface area contributed by atoms with E-state index in [4.69, 9.17) is 0 Å². The molecule has 0 radical (unpaired) electrons. The molecule has 152 valence electrons. The number of hydrogen-bond acceptors (Lipinski definition) is 3. The van der Waals surface area contributed by atoms with E-state index in [2.05, 4.69) is 39.4 Å². The monoisotopic (exact) mass is 470 g/mol. The Morgan fingerprint density at radius 2 is 2.24 bits per heavy atom. The summed E-state index contributed by atoms with van der Waals surface area (Å²) >= 11 is 5.10. The first-order chi connectivity index (χ1) is 14.1. The number of benzene rings is 1. The van der Waals surface area contributed by atoms with Gasteiger partial charge >= 0.3 is 0 Å². The van der Waals surface area contributed by atoms with E-state index in [1.165, 1.54) is 43.2 Å². The lowest BCUT2D eigenvalue weighted by Crippen LogP contribution is -2.59. The van der Waals surface area contributed by atoms with Crippen LogP contribution >= 0.6 is 27.3 Å². The highest BCUT2D eigenvalue weighted by atomic mass is 79.9. The van der Waals surface area contributed by atoms with Gasteiger partial charge in [0.25, 0.3) is 5.91 Å². The predicted octanol–water partition coefficient (Wildman–Crippen LogP) is 5.53. The van der Waals surface area contributed by atoms with Gasteiger partial charge in [-0.2, -0.15) is 0 Å². The molecule has 2 bridgehead atoms. The summed E-state index contributed by atoms with van der Waals surface area (Å²) in [6.45, 7) is 1.12. The van der Waals surface area contributed by atoms with Gasteiger partial charge in [-0.1, -0.05) is 25.0 Å². The standard InChI is InChI=1S/C24H27BrN2OS/c1-27(23(28)9-8-17-13-16(25)15-29-17)22-7-4-6-19-18(22)14-21-20-5-2-3-10-24(19,20)11-12-26-21/h4,6-9,13,15,20-21,26H,2-3,5,10-12,14H2,1H3/t20-,21+,24-/m0/s1. The summed E-state index contributed by atoms with van der Waals surface area (Å²) < 4.78 is 1.06. The van der Waals surface area contributed by atoms with Crippen molar-refractivity contribution in [3.63, 3.8) is 0 Å². The number of halogens is 1. The highest BCUT2D eigenvalue weighted by molar-refractivity contribution is 9.10. The van der Waals surface area contributed by atoms with Crippen LogP contribution in [0, 0.1) is 5.92 Å². The molecule has 0 spiro atoms. The van der Waals surface area contributed by atoms with Crippen LogP contribution in [0.1, 0.15) is 48.1 Å². The lowest BCUT2D eigenvalue weighted by Gasteiger charge is -2.56. The number of thiophene rings is 1. The van der Waals surface area contributed by atoms with Crippen LogP contribution in [0.15, 0.2) is 40.2 Å². The second-order valence-corrected chi connectivity index (χ2v) is 10.6. The number of piperidine rings is 1. The van der Waals surface area contributed by atoms with Crippen molar-refractivity contribution in [2.24, 2.45) is 5.92 Å². The molecule has 2 aliphatic carbocycles. The molecule has 1 amide bonds. The van der Waals surface area contributed by atoms with Gasteiger partial charge < -0.3 is 10.2 Å². The van der Waals surface area contributed by atoms with Crippen molar-refractivity contribution < 1.29 is 4.79 Å². The smallest absolute Gasteiger partial charge is 0.250 e. The number of amides is 1. The number of fused-ring (bicyclic) bond motifs is 1. The highest BCUT2D eigenvalue weighted by Gasteiger charge is 2.51. The van der Waals surface area contributed by atoms with Crippen LogP contribution in [0.2, 0.25) is 0 Å². The fourth-order valence-corrected chi connectivity index (χ4v) is 7.40. The van der Waals surface area contributed by atoms with Gasteiger partial charge in [0.15, 0.2) is 0 Å². The van der Waals surface area contributed by atoms with Crippen LogP contribution < -0.4 is 10.2 Å². The summed E-state index contributed by atoms with van der Waals surface area (Å²) in [4.78, 5) is 15.9. The van der Waals surface area contributed by atoms with Crippen LogP contribution in [0.25, 0.3) is 6.08 Å². The van der Waals surface area contributed by atoms with E-state index < -0.39 is 0 Å². The maximum Gasteiger partial charge on any atom is 0.250 e. The largest absolute Gasteiger partial charge is 0.313 e.